The third-order valence-corrected chi connectivity index (χ3v) is 3.10. The number of hydrogen-bond donors (Lipinski definition) is 2. The van der Waals surface area contributed by atoms with Crippen LogP contribution >= 0.6 is 0 Å². The van der Waals surface area contributed by atoms with E-state index in [1.807, 2.05) is 0 Å². The van der Waals surface area contributed by atoms with Gasteiger partial charge in [-0.05, 0) is 31.4 Å². The molecule has 1 fully saturated rings. The fourth-order valence-electron chi connectivity index (χ4n) is 2.21. The Balaban J connectivity index is 2.07. The Hall–Kier alpha value is -1.62. The first-order chi connectivity index (χ1) is 8.20. The van der Waals surface area contributed by atoms with Crippen LogP contribution in [0.25, 0.3) is 0 Å². The lowest BCUT2D eigenvalue weighted by molar-refractivity contribution is 0.0697. The lowest BCUT2D eigenvalue weighted by Crippen LogP contribution is -2.30. The van der Waals surface area contributed by atoms with Crippen molar-refractivity contribution in [3.8, 4) is 0 Å². The van der Waals surface area contributed by atoms with Gasteiger partial charge in [-0.15, -0.1) is 0 Å². The number of methoxy groups -OCH3 is 1. The highest BCUT2D eigenvalue weighted by Gasteiger charge is 2.27. The van der Waals surface area contributed by atoms with E-state index in [1.165, 1.54) is 12.3 Å². The van der Waals surface area contributed by atoms with Gasteiger partial charge in [0.2, 0.25) is 0 Å². The monoisotopic (exact) mass is 236 g/mol. The Bertz CT molecular complexity index is 408. The van der Waals surface area contributed by atoms with Crippen molar-refractivity contribution in [2.75, 3.05) is 12.4 Å². The number of nitrogens with one attached hydrogen (secondary N) is 1. The number of nitrogens with zero attached hydrogens (tertiary/aromatic N) is 1. The molecule has 1 aromatic rings. The lowest BCUT2D eigenvalue weighted by atomic mass is 10.2. The van der Waals surface area contributed by atoms with Crippen molar-refractivity contribution in [2.24, 2.45) is 0 Å². The first kappa shape index (κ1) is 11.9. The fourth-order valence-corrected chi connectivity index (χ4v) is 2.21. The summed E-state index contributed by atoms with van der Waals surface area (Å²) in [4.78, 5) is 15.0. The van der Waals surface area contributed by atoms with Gasteiger partial charge in [-0.2, -0.15) is 0 Å². The van der Waals surface area contributed by atoms with Crippen LogP contribution in [0.5, 0.6) is 0 Å². The van der Waals surface area contributed by atoms with E-state index >= 15 is 0 Å². The molecule has 0 aromatic carbocycles. The number of rotatable bonds is 4. The first-order valence-corrected chi connectivity index (χ1v) is 5.69. The molecule has 92 valence electrons. The molecule has 0 bridgehead atoms. The van der Waals surface area contributed by atoms with Gasteiger partial charge in [0.25, 0.3) is 0 Å². The van der Waals surface area contributed by atoms with E-state index in [9.17, 15) is 4.79 Å². The number of aromatic nitrogens is 1. The normalized spacial score (nSPS) is 23.6. The van der Waals surface area contributed by atoms with Gasteiger partial charge in [-0.3, -0.25) is 0 Å². The van der Waals surface area contributed by atoms with Crippen LogP contribution in [0, 0.1) is 0 Å². The number of ether oxygens (including phenoxy) is 1. The van der Waals surface area contributed by atoms with Crippen LogP contribution in [0.2, 0.25) is 0 Å². The summed E-state index contributed by atoms with van der Waals surface area (Å²) in [5, 5.41) is 12.1. The number of carboxylic acid groups (broad SMARTS) is 1. The summed E-state index contributed by atoms with van der Waals surface area (Å²) in [6.45, 7) is 0. The van der Waals surface area contributed by atoms with Crippen molar-refractivity contribution < 1.29 is 14.6 Å². The minimum absolute atomic E-state index is 0.185. The van der Waals surface area contributed by atoms with E-state index in [4.69, 9.17) is 9.84 Å². The van der Waals surface area contributed by atoms with Crippen molar-refractivity contribution in [3.63, 3.8) is 0 Å². The van der Waals surface area contributed by atoms with Crippen LogP contribution in [0.3, 0.4) is 0 Å². The quantitative estimate of drug-likeness (QED) is 0.833. The van der Waals surface area contributed by atoms with Gasteiger partial charge < -0.3 is 15.2 Å². The van der Waals surface area contributed by atoms with Gasteiger partial charge in [0.15, 0.2) is 0 Å². The molecule has 1 aliphatic carbocycles. The second-order valence-electron chi connectivity index (χ2n) is 4.19. The van der Waals surface area contributed by atoms with Gasteiger partial charge in [0.05, 0.1) is 17.7 Å². The average Bonchev–Trinajstić information content (AvgIpc) is 2.76. The topological polar surface area (TPSA) is 71.5 Å². The molecular formula is C12H16N2O3. The third-order valence-electron chi connectivity index (χ3n) is 3.10. The van der Waals surface area contributed by atoms with Crippen LogP contribution in [-0.2, 0) is 4.74 Å². The second kappa shape index (κ2) is 5.14. The Morgan fingerprint density at radius 1 is 1.59 bits per heavy atom. The predicted octanol–water partition coefficient (Wildman–Crippen LogP) is 1.76. The van der Waals surface area contributed by atoms with Crippen LogP contribution in [0.15, 0.2) is 18.3 Å². The minimum Gasteiger partial charge on any atom is -0.478 e. The molecule has 1 aromatic heterocycles. The second-order valence-corrected chi connectivity index (χ2v) is 4.19. The molecule has 2 atom stereocenters. The first-order valence-electron chi connectivity index (χ1n) is 5.69. The molecule has 2 unspecified atom stereocenters. The van der Waals surface area contributed by atoms with E-state index < -0.39 is 5.97 Å². The molecule has 1 heterocycles. The molecule has 0 saturated heterocycles. The molecule has 1 saturated carbocycles. The number of carboxylic acids is 1. The summed E-state index contributed by atoms with van der Waals surface area (Å²) in [5.74, 6) is -0.344. The maximum atomic E-state index is 10.8. The Morgan fingerprint density at radius 3 is 3.12 bits per heavy atom. The predicted molar refractivity (Wildman–Crippen MR) is 63.3 cm³/mol. The Kier molecular flexibility index (Phi) is 3.58. The summed E-state index contributed by atoms with van der Waals surface area (Å²) < 4.78 is 5.37. The highest BCUT2D eigenvalue weighted by molar-refractivity contribution is 5.88. The van der Waals surface area contributed by atoms with E-state index in [0.717, 1.165) is 19.3 Å². The standard InChI is InChI=1S/C12H16N2O3/c1-17-10-4-2-3-9(10)14-11-7-8(12(15)16)5-6-13-11/h5-7,9-10H,2-4H2,1H3,(H,13,14)(H,15,16). The zero-order valence-corrected chi connectivity index (χ0v) is 9.72. The van der Waals surface area contributed by atoms with Crippen molar-refractivity contribution in [1.29, 1.82) is 0 Å². The van der Waals surface area contributed by atoms with Gasteiger partial charge >= 0.3 is 5.97 Å². The van der Waals surface area contributed by atoms with Gasteiger partial charge in [0, 0.05) is 13.3 Å². The molecule has 0 aliphatic heterocycles. The summed E-state index contributed by atoms with van der Waals surface area (Å²) in [6.07, 6.45) is 4.87. The highest BCUT2D eigenvalue weighted by Crippen LogP contribution is 2.24. The van der Waals surface area contributed by atoms with Crippen LogP contribution in [0.1, 0.15) is 29.6 Å². The van der Waals surface area contributed by atoms with Gasteiger partial charge in [-0.1, -0.05) is 0 Å². The van der Waals surface area contributed by atoms with Gasteiger partial charge in [0.1, 0.15) is 5.82 Å². The molecule has 5 nitrogen and oxygen atoms in total. The molecular weight excluding hydrogens is 220 g/mol. The smallest absolute Gasteiger partial charge is 0.335 e. The van der Waals surface area contributed by atoms with Crippen molar-refractivity contribution >= 4 is 11.8 Å². The van der Waals surface area contributed by atoms with E-state index in [-0.39, 0.29) is 17.7 Å². The third kappa shape index (κ3) is 2.74. The Labute approximate surface area is 99.8 Å². The molecule has 2 rings (SSSR count). The SMILES string of the molecule is COC1CCCC1Nc1cc(C(=O)O)ccn1. The molecule has 0 radical (unpaired) electrons. The van der Waals surface area contributed by atoms with E-state index in [0.29, 0.717) is 5.82 Å². The van der Waals surface area contributed by atoms with E-state index in [2.05, 4.69) is 10.3 Å². The van der Waals surface area contributed by atoms with Crippen molar-refractivity contribution in [1.82, 2.24) is 4.98 Å². The summed E-state index contributed by atoms with van der Waals surface area (Å²) in [6, 6.07) is 3.25. The zero-order valence-electron chi connectivity index (χ0n) is 9.72. The molecule has 1 aliphatic rings. The number of anilines is 1. The van der Waals surface area contributed by atoms with Crippen molar-refractivity contribution in [2.45, 2.75) is 31.4 Å². The Morgan fingerprint density at radius 2 is 2.41 bits per heavy atom. The van der Waals surface area contributed by atoms with Crippen molar-refractivity contribution in [3.05, 3.63) is 23.9 Å². The summed E-state index contributed by atoms with van der Waals surface area (Å²) >= 11 is 0. The van der Waals surface area contributed by atoms with Crippen LogP contribution in [-0.4, -0.2) is 35.3 Å². The molecule has 0 amide bonds. The molecule has 5 heteroatoms. The lowest BCUT2D eigenvalue weighted by Gasteiger charge is -2.20. The molecule has 2 N–H and O–H groups in total. The molecule has 0 spiro atoms. The fraction of sp³-hybridized carbons (Fsp3) is 0.500. The van der Waals surface area contributed by atoms with Gasteiger partial charge in [-0.25, -0.2) is 9.78 Å². The van der Waals surface area contributed by atoms with Crippen LogP contribution in [0.4, 0.5) is 5.82 Å². The zero-order chi connectivity index (χ0) is 12.3. The van der Waals surface area contributed by atoms with E-state index in [1.54, 1.807) is 13.2 Å². The minimum atomic E-state index is -0.940. The number of carbonyl (C=O) groups is 1. The number of pyridine rings is 1. The molecule has 17 heavy (non-hydrogen) atoms. The number of aromatic carboxylic acids is 1. The summed E-state index contributed by atoms with van der Waals surface area (Å²) in [7, 11) is 1.70. The highest BCUT2D eigenvalue weighted by atomic mass is 16.5. The average molecular weight is 236 g/mol. The largest absolute Gasteiger partial charge is 0.478 e. The summed E-state index contributed by atoms with van der Waals surface area (Å²) in [5.41, 5.74) is 0.245. The number of hydrogen-bond acceptors (Lipinski definition) is 4. The maximum absolute atomic E-state index is 10.8. The maximum Gasteiger partial charge on any atom is 0.335 e. The van der Waals surface area contributed by atoms with Crippen LogP contribution < -0.4 is 5.32 Å².